The number of rotatable bonds is 3. The highest BCUT2D eigenvalue weighted by Gasteiger charge is 2.27. The minimum absolute atomic E-state index is 0.00413. The number of nitrogens with zero attached hydrogens (tertiary/aromatic N) is 2. The number of aryl methyl sites for hydroxylation is 1. The van der Waals surface area contributed by atoms with Gasteiger partial charge in [-0.05, 0) is 38.5 Å². The Morgan fingerprint density at radius 3 is 3.00 bits per heavy atom. The van der Waals surface area contributed by atoms with Crippen LogP contribution in [0, 0.1) is 6.92 Å². The summed E-state index contributed by atoms with van der Waals surface area (Å²) in [5.74, 6) is 0.701. The molecule has 0 fully saturated rings. The summed E-state index contributed by atoms with van der Waals surface area (Å²) >= 11 is 3.26. The van der Waals surface area contributed by atoms with E-state index in [4.69, 9.17) is 0 Å². The summed E-state index contributed by atoms with van der Waals surface area (Å²) in [4.78, 5) is 21.2. The Labute approximate surface area is 132 Å². The number of thiazole rings is 1. The molecule has 0 bridgehead atoms. The maximum absolute atomic E-state index is 12.0. The molecule has 110 valence electrons. The smallest absolute Gasteiger partial charge is 0.245 e. The highest BCUT2D eigenvalue weighted by Crippen LogP contribution is 2.30. The van der Waals surface area contributed by atoms with Crippen LogP contribution >= 0.6 is 23.1 Å². The van der Waals surface area contributed by atoms with Gasteiger partial charge in [0.15, 0.2) is 0 Å². The number of fused-ring (bicyclic) bond motifs is 1. The summed E-state index contributed by atoms with van der Waals surface area (Å²) in [7, 11) is 0. The zero-order valence-electron chi connectivity index (χ0n) is 12.2. The second-order valence-corrected chi connectivity index (χ2v) is 7.45. The van der Waals surface area contributed by atoms with E-state index in [0.717, 1.165) is 15.6 Å². The van der Waals surface area contributed by atoms with E-state index in [1.165, 1.54) is 10.3 Å². The van der Waals surface area contributed by atoms with Crippen molar-refractivity contribution in [2.24, 2.45) is 4.99 Å². The van der Waals surface area contributed by atoms with Gasteiger partial charge in [-0.3, -0.25) is 9.79 Å². The maximum atomic E-state index is 12.0. The van der Waals surface area contributed by atoms with Gasteiger partial charge in [0.05, 0.1) is 10.2 Å². The average molecular weight is 319 g/mol. The topological polar surface area (TPSA) is 54.4 Å². The van der Waals surface area contributed by atoms with E-state index in [-0.39, 0.29) is 18.0 Å². The van der Waals surface area contributed by atoms with Crippen molar-refractivity contribution in [2.45, 2.75) is 32.9 Å². The van der Waals surface area contributed by atoms with Crippen molar-refractivity contribution in [3.63, 3.8) is 0 Å². The normalized spacial score (nSPS) is 18.3. The summed E-state index contributed by atoms with van der Waals surface area (Å²) in [5, 5.41) is 4.72. The Morgan fingerprint density at radius 1 is 1.43 bits per heavy atom. The Kier molecular flexibility index (Phi) is 3.99. The van der Waals surface area contributed by atoms with Gasteiger partial charge in [0.2, 0.25) is 5.91 Å². The minimum atomic E-state index is -0.291. The van der Waals surface area contributed by atoms with Crippen molar-refractivity contribution < 1.29 is 4.79 Å². The second kappa shape index (κ2) is 5.77. The lowest BCUT2D eigenvalue weighted by atomic mass is 10.2. The molecule has 1 aromatic carbocycles. The van der Waals surface area contributed by atoms with Crippen molar-refractivity contribution in [1.29, 1.82) is 0 Å². The Hall–Kier alpha value is -1.40. The van der Waals surface area contributed by atoms with E-state index in [1.807, 2.05) is 19.9 Å². The third-order valence-corrected chi connectivity index (χ3v) is 5.32. The number of hydrogen-bond donors (Lipinski definition) is 1. The SMILES string of the molecule is Cc1ccc2nc(C3=NC(C(=O)NC(C)C)CS3)sc2c1. The van der Waals surface area contributed by atoms with Crippen LogP contribution in [-0.2, 0) is 4.79 Å². The summed E-state index contributed by atoms with van der Waals surface area (Å²) in [5.41, 5.74) is 2.23. The number of aromatic nitrogens is 1. The quantitative estimate of drug-likeness (QED) is 0.946. The zero-order chi connectivity index (χ0) is 15.0. The number of carbonyl (C=O) groups excluding carboxylic acids is 1. The fraction of sp³-hybridized carbons (Fsp3) is 0.400. The van der Waals surface area contributed by atoms with Gasteiger partial charge in [0, 0.05) is 11.8 Å². The van der Waals surface area contributed by atoms with Crippen LogP contribution in [0.25, 0.3) is 10.2 Å². The van der Waals surface area contributed by atoms with E-state index >= 15 is 0 Å². The molecular weight excluding hydrogens is 302 g/mol. The van der Waals surface area contributed by atoms with Crippen LogP contribution in [0.3, 0.4) is 0 Å². The molecule has 0 spiro atoms. The van der Waals surface area contributed by atoms with Crippen molar-refractivity contribution in [2.75, 3.05) is 5.75 Å². The first kappa shape index (κ1) is 14.5. The molecule has 0 saturated carbocycles. The molecule has 0 radical (unpaired) electrons. The van der Waals surface area contributed by atoms with Gasteiger partial charge in [-0.2, -0.15) is 0 Å². The number of carbonyl (C=O) groups is 1. The highest BCUT2D eigenvalue weighted by molar-refractivity contribution is 8.15. The van der Waals surface area contributed by atoms with Crippen LogP contribution in [-0.4, -0.2) is 33.8 Å². The summed E-state index contributed by atoms with van der Waals surface area (Å²) in [6.07, 6.45) is 0. The van der Waals surface area contributed by atoms with Crippen LogP contribution < -0.4 is 5.32 Å². The van der Waals surface area contributed by atoms with E-state index in [0.29, 0.717) is 5.75 Å². The summed E-state index contributed by atoms with van der Waals surface area (Å²) < 4.78 is 1.17. The molecule has 21 heavy (non-hydrogen) atoms. The van der Waals surface area contributed by atoms with Crippen LogP contribution in [0.5, 0.6) is 0 Å². The molecular formula is C15H17N3OS2. The Morgan fingerprint density at radius 2 is 2.24 bits per heavy atom. The molecule has 6 heteroatoms. The van der Waals surface area contributed by atoms with Gasteiger partial charge in [-0.25, -0.2) is 4.98 Å². The first-order valence-electron chi connectivity index (χ1n) is 6.91. The van der Waals surface area contributed by atoms with Gasteiger partial charge in [0.25, 0.3) is 0 Å². The van der Waals surface area contributed by atoms with E-state index in [1.54, 1.807) is 23.1 Å². The molecule has 1 aliphatic heterocycles. The standard InChI is InChI=1S/C15H17N3OS2/c1-8(2)16-13(19)11-7-20-14(18-11)15-17-10-5-4-9(3)6-12(10)21-15/h4-6,8,11H,7H2,1-3H3,(H,16,19). The highest BCUT2D eigenvalue weighted by atomic mass is 32.2. The molecule has 1 aliphatic rings. The lowest BCUT2D eigenvalue weighted by Crippen LogP contribution is -2.38. The van der Waals surface area contributed by atoms with Gasteiger partial charge >= 0.3 is 0 Å². The fourth-order valence-electron chi connectivity index (χ4n) is 2.13. The van der Waals surface area contributed by atoms with Crippen LogP contribution in [0.1, 0.15) is 24.4 Å². The average Bonchev–Trinajstić information content (AvgIpc) is 3.03. The van der Waals surface area contributed by atoms with Gasteiger partial charge in [-0.1, -0.05) is 6.07 Å². The fourth-order valence-corrected chi connectivity index (χ4v) is 4.30. The third-order valence-electron chi connectivity index (χ3n) is 3.11. The van der Waals surface area contributed by atoms with E-state index < -0.39 is 0 Å². The lowest BCUT2D eigenvalue weighted by Gasteiger charge is -2.10. The number of hydrogen-bond acceptors (Lipinski definition) is 5. The molecule has 0 saturated heterocycles. The Bertz CT molecular complexity index is 721. The predicted octanol–water partition coefficient (Wildman–Crippen LogP) is 2.99. The molecule has 3 rings (SSSR count). The van der Waals surface area contributed by atoms with Gasteiger partial charge in [-0.15, -0.1) is 23.1 Å². The first-order chi connectivity index (χ1) is 10.0. The second-order valence-electron chi connectivity index (χ2n) is 5.41. The first-order valence-corrected chi connectivity index (χ1v) is 8.71. The summed E-state index contributed by atoms with van der Waals surface area (Å²) in [6, 6.07) is 6.09. The van der Waals surface area contributed by atoms with Crippen molar-refractivity contribution in [3.8, 4) is 0 Å². The van der Waals surface area contributed by atoms with Crippen LogP contribution in [0.15, 0.2) is 23.2 Å². The monoisotopic (exact) mass is 319 g/mol. The number of nitrogens with one attached hydrogen (secondary N) is 1. The van der Waals surface area contributed by atoms with Crippen LogP contribution in [0.2, 0.25) is 0 Å². The molecule has 0 aliphatic carbocycles. The molecule has 1 N–H and O–H groups in total. The number of benzene rings is 1. The molecule has 1 amide bonds. The number of thioether (sulfide) groups is 1. The van der Waals surface area contributed by atoms with Gasteiger partial charge in [0.1, 0.15) is 16.1 Å². The zero-order valence-corrected chi connectivity index (χ0v) is 13.8. The largest absolute Gasteiger partial charge is 0.352 e. The molecule has 1 atom stereocenters. The van der Waals surface area contributed by atoms with Gasteiger partial charge < -0.3 is 5.32 Å². The Balaban J connectivity index is 1.84. The van der Waals surface area contributed by atoms with Crippen molar-refractivity contribution in [1.82, 2.24) is 10.3 Å². The summed E-state index contributed by atoms with van der Waals surface area (Å²) in [6.45, 7) is 5.99. The predicted molar refractivity (Wildman–Crippen MR) is 90.4 cm³/mol. The molecule has 4 nitrogen and oxygen atoms in total. The molecule has 2 heterocycles. The third kappa shape index (κ3) is 3.11. The van der Waals surface area contributed by atoms with Crippen molar-refractivity contribution in [3.05, 3.63) is 28.8 Å². The van der Waals surface area contributed by atoms with Crippen molar-refractivity contribution >= 4 is 44.3 Å². The van der Waals surface area contributed by atoms with Crippen LogP contribution in [0.4, 0.5) is 0 Å². The molecule has 1 aromatic heterocycles. The minimum Gasteiger partial charge on any atom is -0.352 e. The lowest BCUT2D eigenvalue weighted by molar-refractivity contribution is -0.122. The molecule has 2 aromatic rings. The molecule has 1 unspecified atom stereocenters. The number of aliphatic imine (C=N–C) groups is 1. The maximum Gasteiger partial charge on any atom is 0.245 e. The van der Waals surface area contributed by atoms with E-state index in [9.17, 15) is 4.79 Å². The van der Waals surface area contributed by atoms with E-state index in [2.05, 4.69) is 34.3 Å². The number of amides is 1.